The fourth-order valence-electron chi connectivity index (χ4n) is 1.68. The van der Waals surface area contributed by atoms with Crippen molar-refractivity contribution in [1.82, 2.24) is 10.3 Å². The van der Waals surface area contributed by atoms with Crippen molar-refractivity contribution in [1.29, 1.82) is 0 Å². The monoisotopic (exact) mass is 310 g/mol. The van der Waals surface area contributed by atoms with Crippen LogP contribution in [0.4, 0.5) is 14.9 Å². The number of thiazole rings is 1. The summed E-state index contributed by atoms with van der Waals surface area (Å²) in [5.74, 6) is 0. The molecule has 1 aliphatic carbocycles. The third-order valence-electron chi connectivity index (χ3n) is 2.79. The van der Waals surface area contributed by atoms with E-state index in [4.69, 9.17) is 4.74 Å². The minimum Gasteiger partial charge on any atom is -0.377 e. The SMILES string of the molecule is COC1C=CC(CNC(=O)Nc2ncc([N+](=O)[O-])s2)=CC1. The van der Waals surface area contributed by atoms with E-state index in [1.54, 1.807) is 7.11 Å². The van der Waals surface area contributed by atoms with E-state index in [1.165, 1.54) is 0 Å². The fourth-order valence-corrected chi connectivity index (χ4v) is 2.31. The summed E-state index contributed by atoms with van der Waals surface area (Å²) < 4.78 is 5.17. The maximum absolute atomic E-state index is 11.7. The zero-order valence-corrected chi connectivity index (χ0v) is 12.1. The molecule has 0 spiro atoms. The van der Waals surface area contributed by atoms with Crippen molar-refractivity contribution >= 4 is 27.5 Å². The first kappa shape index (κ1) is 15.1. The number of anilines is 1. The molecule has 2 rings (SSSR count). The molecular weight excluding hydrogens is 296 g/mol. The Balaban J connectivity index is 1.79. The molecule has 1 atom stereocenters. The number of rotatable bonds is 5. The number of hydrogen-bond acceptors (Lipinski definition) is 6. The van der Waals surface area contributed by atoms with Crippen LogP contribution in [0, 0.1) is 10.1 Å². The van der Waals surface area contributed by atoms with E-state index < -0.39 is 11.0 Å². The van der Waals surface area contributed by atoms with E-state index in [-0.39, 0.29) is 16.2 Å². The van der Waals surface area contributed by atoms with Gasteiger partial charge >= 0.3 is 11.0 Å². The van der Waals surface area contributed by atoms with E-state index in [9.17, 15) is 14.9 Å². The quantitative estimate of drug-likeness (QED) is 0.639. The zero-order chi connectivity index (χ0) is 15.2. The maximum Gasteiger partial charge on any atom is 0.345 e. The molecule has 1 aliphatic rings. The van der Waals surface area contributed by atoms with Gasteiger partial charge in [-0.2, -0.15) is 0 Å². The molecule has 1 heterocycles. The predicted octanol–water partition coefficient (Wildman–Crippen LogP) is 2.07. The molecule has 0 aliphatic heterocycles. The molecule has 21 heavy (non-hydrogen) atoms. The molecule has 0 aromatic carbocycles. The summed E-state index contributed by atoms with van der Waals surface area (Å²) in [6, 6.07) is -0.456. The van der Waals surface area contributed by atoms with Crippen molar-refractivity contribution in [3.05, 3.63) is 40.1 Å². The van der Waals surface area contributed by atoms with Crippen LogP contribution >= 0.6 is 11.3 Å². The van der Waals surface area contributed by atoms with Crippen molar-refractivity contribution < 1.29 is 14.5 Å². The smallest absolute Gasteiger partial charge is 0.345 e. The van der Waals surface area contributed by atoms with Crippen LogP contribution in [0.15, 0.2) is 30.0 Å². The molecule has 0 saturated heterocycles. The lowest BCUT2D eigenvalue weighted by molar-refractivity contribution is -0.380. The Morgan fingerprint density at radius 1 is 1.67 bits per heavy atom. The third kappa shape index (κ3) is 4.36. The van der Waals surface area contributed by atoms with Gasteiger partial charge in [-0.05, 0) is 23.3 Å². The molecule has 2 N–H and O–H groups in total. The van der Waals surface area contributed by atoms with Crippen LogP contribution in [0.3, 0.4) is 0 Å². The first-order chi connectivity index (χ1) is 10.1. The Morgan fingerprint density at radius 3 is 3.05 bits per heavy atom. The van der Waals surface area contributed by atoms with Crippen LogP contribution in [0.5, 0.6) is 0 Å². The molecule has 112 valence electrons. The van der Waals surface area contributed by atoms with Crippen molar-refractivity contribution in [3.8, 4) is 0 Å². The van der Waals surface area contributed by atoms with Crippen molar-refractivity contribution in [2.45, 2.75) is 12.5 Å². The van der Waals surface area contributed by atoms with Gasteiger partial charge in [-0.15, -0.1) is 0 Å². The normalized spacial score (nSPS) is 17.2. The molecule has 1 aromatic heterocycles. The second kappa shape index (κ2) is 6.95. The van der Waals surface area contributed by atoms with Crippen LogP contribution in [0.1, 0.15) is 6.42 Å². The first-order valence-corrected chi connectivity index (χ1v) is 6.95. The van der Waals surface area contributed by atoms with Gasteiger partial charge in [-0.1, -0.05) is 18.2 Å². The Kier molecular flexibility index (Phi) is 5.01. The van der Waals surface area contributed by atoms with E-state index in [2.05, 4.69) is 15.6 Å². The Hall–Kier alpha value is -2.26. The second-order valence-corrected chi connectivity index (χ2v) is 5.23. The second-order valence-electron chi connectivity index (χ2n) is 4.22. The van der Waals surface area contributed by atoms with Crippen LogP contribution < -0.4 is 10.6 Å². The van der Waals surface area contributed by atoms with E-state index >= 15 is 0 Å². The molecule has 8 nitrogen and oxygen atoms in total. The van der Waals surface area contributed by atoms with Gasteiger partial charge in [0.1, 0.15) is 6.20 Å². The first-order valence-electron chi connectivity index (χ1n) is 6.13. The minimum absolute atomic E-state index is 0.0819. The highest BCUT2D eigenvalue weighted by molar-refractivity contribution is 7.18. The lowest BCUT2D eigenvalue weighted by Crippen LogP contribution is -2.30. The van der Waals surface area contributed by atoms with Crippen molar-refractivity contribution in [2.75, 3.05) is 19.0 Å². The largest absolute Gasteiger partial charge is 0.377 e. The standard InChI is InChI=1S/C12H14N4O4S/c1-20-9-4-2-8(3-5-9)6-13-11(17)15-12-14-7-10(21-12)16(18)19/h2-4,7,9H,5-6H2,1H3,(H2,13,14,15,17). The number of nitro groups is 1. The fraction of sp³-hybridized carbons (Fsp3) is 0.333. The lowest BCUT2D eigenvalue weighted by Gasteiger charge is -2.14. The summed E-state index contributed by atoms with van der Waals surface area (Å²) in [7, 11) is 1.65. The van der Waals surface area contributed by atoms with E-state index in [0.29, 0.717) is 6.54 Å². The number of carbonyl (C=O) groups is 1. The van der Waals surface area contributed by atoms with Crippen LogP contribution in [-0.4, -0.2) is 35.7 Å². The molecule has 0 bridgehead atoms. The molecule has 1 unspecified atom stereocenters. The van der Waals surface area contributed by atoms with Gasteiger partial charge in [0.15, 0.2) is 5.13 Å². The highest BCUT2D eigenvalue weighted by atomic mass is 32.1. The maximum atomic E-state index is 11.7. The van der Waals surface area contributed by atoms with Crippen LogP contribution in [-0.2, 0) is 4.74 Å². The number of aromatic nitrogens is 1. The number of amides is 2. The Labute approximate surface area is 124 Å². The predicted molar refractivity (Wildman–Crippen MR) is 78.4 cm³/mol. The number of ether oxygens (including phenoxy) is 1. The van der Waals surface area contributed by atoms with Gasteiger partial charge in [-0.25, -0.2) is 9.78 Å². The number of urea groups is 1. The summed E-state index contributed by atoms with van der Waals surface area (Å²) in [6.45, 7) is 0.367. The molecule has 9 heteroatoms. The number of nitrogens with one attached hydrogen (secondary N) is 2. The van der Waals surface area contributed by atoms with Gasteiger partial charge < -0.3 is 10.1 Å². The molecule has 0 saturated carbocycles. The highest BCUT2D eigenvalue weighted by Gasteiger charge is 2.13. The molecule has 0 fully saturated rings. The van der Waals surface area contributed by atoms with Gasteiger partial charge in [0.05, 0.1) is 11.0 Å². The molecular formula is C12H14N4O4S. The summed E-state index contributed by atoms with van der Waals surface area (Å²) in [5, 5.41) is 15.7. The number of nitrogens with zero attached hydrogens (tertiary/aromatic N) is 2. The summed E-state index contributed by atoms with van der Waals surface area (Å²) >= 11 is 0.807. The van der Waals surface area contributed by atoms with Gasteiger partial charge in [0, 0.05) is 13.7 Å². The van der Waals surface area contributed by atoms with Crippen molar-refractivity contribution in [3.63, 3.8) is 0 Å². The topological polar surface area (TPSA) is 106 Å². The number of carbonyl (C=O) groups excluding carboxylic acids is 1. The molecule has 0 radical (unpaired) electrons. The molecule has 1 aromatic rings. The number of hydrogen-bond donors (Lipinski definition) is 2. The van der Waals surface area contributed by atoms with Crippen LogP contribution in [0.25, 0.3) is 0 Å². The lowest BCUT2D eigenvalue weighted by atomic mass is 10.1. The minimum atomic E-state index is -0.551. The molecule has 2 amide bonds. The van der Waals surface area contributed by atoms with Crippen molar-refractivity contribution in [2.24, 2.45) is 0 Å². The average molecular weight is 310 g/mol. The summed E-state index contributed by atoms with van der Waals surface area (Å²) in [4.78, 5) is 25.4. The summed E-state index contributed by atoms with van der Waals surface area (Å²) in [6.07, 6.45) is 7.77. The van der Waals surface area contributed by atoms with Crippen LogP contribution in [0.2, 0.25) is 0 Å². The zero-order valence-electron chi connectivity index (χ0n) is 11.2. The third-order valence-corrected chi connectivity index (χ3v) is 3.65. The summed E-state index contributed by atoms with van der Waals surface area (Å²) in [5.41, 5.74) is 0.976. The Bertz CT molecular complexity index is 596. The Morgan fingerprint density at radius 2 is 2.48 bits per heavy atom. The average Bonchev–Trinajstić information content (AvgIpc) is 2.94. The highest BCUT2D eigenvalue weighted by Crippen LogP contribution is 2.24. The van der Waals surface area contributed by atoms with E-state index in [1.807, 2.05) is 18.2 Å². The van der Waals surface area contributed by atoms with Gasteiger partial charge in [0.25, 0.3) is 0 Å². The van der Waals surface area contributed by atoms with Gasteiger partial charge in [0.2, 0.25) is 0 Å². The number of methoxy groups -OCH3 is 1. The van der Waals surface area contributed by atoms with Gasteiger partial charge in [-0.3, -0.25) is 15.4 Å². The van der Waals surface area contributed by atoms with E-state index in [0.717, 1.165) is 29.5 Å².